The van der Waals surface area contributed by atoms with E-state index in [0.29, 0.717) is 16.6 Å². The minimum atomic E-state index is -5.01. The van der Waals surface area contributed by atoms with Gasteiger partial charge in [0.05, 0.1) is 16.6 Å². The lowest BCUT2D eigenvalue weighted by molar-refractivity contribution is -0.272. The van der Waals surface area contributed by atoms with Crippen molar-refractivity contribution in [2.75, 3.05) is 5.32 Å². The van der Waals surface area contributed by atoms with Crippen LogP contribution in [0.15, 0.2) is 36.4 Å². The zero-order valence-electron chi connectivity index (χ0n) is 16.6. The highest BCUT2D eigenvalue weighted by Gasteiger charge is 2.62. The first-order valence-corrected chi connectivity index (χ1v) is 9.94. The Hall–Kier alpha value is -2.58. The molecule has 0 spiro atoms. The summed E-state index contributed by atoms with van der Waals surface area (Å²) in [5.74, 6) is -2.88. The molecule has 0 radical (unpaired) electrons. The number of nitrogens with zero attached hydrogens (tertiary/aromatic N) is 1. The number of rotatable bonds is 2. The molecule has 1 aliphatic rings. The molecule has 0 saturated heterocycles. The van der Waals surface area contributed by atoms with Crippen LogP contribution >= 0.6 is 11.6 Å². The van der Waals surface area contributed by atoms with E-state index in [-0.39, 0.29) is 11.1 Å². The van der Waals surface area contributed by atoms with E-state index in [9.17, 15) is 27.8 Å². The second-order valence-electron chi connectivity index (χ2n) is 7.95. The Morgan fingerprint density at radius 1 is 1.23 bits per heavy atom. The van der Waals surface area contributed by atoms with Crippen molar-refractivity contribution in [1.29, 1.82) is 0 Å². The van der Waals surface area contributed by atoms with Gasteiger partial charge in [-0.3, -0.25) is 4.98 Å². The van der Waals surface area contributed by atoms with Crippen molar-refractivity contribution in [2.45, 2.75) is 44.0 Å². The largest absolute Gasteiger partial charge is 0.505 e. The maximum atomic E-state index is 14.2. The molecule has 31 heavy (non-hydrogen) atoms. The second kappa shape index (κ2) is 7.24. The lowest BCUT2D eigenvalue weighted by Gasteiger charge is -2.45. The van der Waals surface area contributed by atoms with Gasteiger partial charge in [0.25, 0.3) is 0 Å². The maximum absolute atomic E-state index is 14.2. The van der Waals surface area contributed by atoms with E-state index in [1.54, 1.807) is 37.3 Å². The fourth-order valence-electron chi connectivity index (χ4n) is 4.36. The third kappa shape index (κ3) is 3.38. The number of nitrogens with one attached hydrogen (secondary N) is 1. The molecule has 4 nitrogen and oxygen atoms in total. The third-order valence-electron chi connectivity index (χ3n) is 5.83. The van der Waals surface area contributed by atoms with Crippen LogP contribution in [0.25, 0.3) is 10.9 Å². The average Bonchev–Trinajstić information content (AvgIpc) is 2.67. The topological polar surface area (TPSA) is 65.4 Å². The van der Waals surface area contributed by atoms with Crippen LogP contribution in [0.2, 0.25) is 5.02 Å². The molecule has 1 heterocycles. The Balaban J connectivity index is 1.95. The Morgan fingerprint density at radius 2 is 1.94 bits per heavy atom. The van der Waals surface area contributed by atoms with Crippen LogP contribution in [-0.4, -0.2) is 27.0 Å². The minimum absolute atomic E-state index is 0.0115. The molecule has 0 fully saturated rings. The van der Waals surface area contributed by atoms with Gasteiger partial charge in [0, 0.05) is 22.3 Å². The fourth-order valence-corrected chi connectivity index (χ4v) is 4.57. The molecule has 3 atom stereocenters. The van der Waals surface area contributed by atoms with Gasteiger partial charge >= 0.3 is 6.18 Å². The van der Waals surface area contributed by atoms with Crippen LogP contribution in [-0.2, 0) is 0 Å². The van der Waals surface area contributed by atoms with E-state index in [1.807, 2.05) is 0 Å². The quantitative estimate of drug-likeness (QED) is 0.416. The number of halogens is 5. The number of pyridine rings is 1. The van der Waals surface area contributed by atoms with Crippen LogP contribution in [0.5, 0.6) is 5.75 Å². The molecule has 4 rings (SSSR count). The van der Waals surface area contributed by atoms with Gasteiger partial charge in [-0.05, 0) is 55.2 Å². The monoisotopic (exact) mass is 454 g/mol. The van der Waals surface area contributed by atoms with Crippen LogP contribution in [0.3, 0.4) is 0 Å². The van der Waals surface area contributed by atoms with Crippen molar-refractivity contribution >= 4 is 28.2 Å². The first kappa shape index (κ1) is 21.6. The smallest absolute Gasteiger partial charge is 0.419 e. The molecule has 0 aliphatic heterocycles. The van der Waals surface area contributed by atoms with E-state index >= 15 is 0 Å². The third-order valence-corrected chi connectivity index (χ3v) is 6.10. The highest BCUT2D eigenvalue weighted by atomic mass is 35.5. The number of hydrogen-bond acceptors (Lipinski definition) is 4. The van der Waals surface area contributed by atoms with Gasteiger partial charge in [0.1, 0.15) is 0 Å². The van der Waals surface area contributed by atoms with E-state index in [0.717, 1.165) is 11.8 Å². The number of anilines is 1. The first-order chi connectivity index (χ1) is 14.4. The van der Waals surface area contributed by atoms with Crippen molar-refractivity contribution in [2.24, 2.45) is 0 Å². The van der Waals surface area contributed by atoms with Crippen molar-refractivity contribution in [3.63, 3.8) is 0 Å². The molecular weight excluding hydrogens is 436 g/mol. The molecule has 1 aromatic heterocycles. The number of aliphatic hydroxyl groups is 1. The Kier molecular flexibility index (Phi) is 5.05. The second-order valence-corrected chi connectivity index (χ2v) is 8.36. The predicted octanol–water partition coefficient (Wildman–Crippen LogP) is 6.00. The van der Waals surface area contributed by atoms with Crippen molar-refractivity contribution < 1.29 is 27.8 Å². The lowest BCUT2D eigenvalue weighted by atomic mass is 9.70. The number of aromatic nitrogens is 1. The number of aromatic hydroxyl groups is 1. The number of aryl methyl sites for hydroxylation is 1. The summed E-state index contributed by atoms with van der Waals surface area (Å²) < 4.78 is 56.6. The van der Waals surface area contributed by atoms with Gasteiger partial charge in [-0.1, -0.05) is 24.6 Å². The summed E-state index contributed by atoms with van der Waals surface area (Å²) in [5, 5.41) is 24.0. The van der Waals surface area contributed by atoms with Gasteiger partial charge in [0.2, 0.25) is 0 Å². The Labute approximate surface area is 180 Å². The SMILES string of the molecule is Cc1ccc2c(N[C@H]3c4cc(Cl)c(F)c(O)c4[C@H](C)CC3(O)C(F)(F)F)cccc2n1. The highest BCUT2D eigenvalue weighted by molar-refractivity contribution is 6.31. The molecule has 0 amide bonds. The molecular formula is C22H19ClF4N2O2. The van der Waals surface area contributed by atoms with E-state index in [2.05, 4.69) is 10.3 Å². The van der Waals surface area contributed by atoms with Gasteiger partial charge in [-0.15, -0.1) is 0 Å². The molecule has 1 aliphatic carbocycles. The predicted molar refractivity (Wildman–Crippen MR) is 110 cm³/mol. The number of benzene rings is 2. The maximum Gasteiger partial charge on any atom is 0.419 e. The van der Waals surface area contributed by atoms with Crippen molar-refractivity contribution in [1.82, 2.24) is 4.98 Å². The Bertz CT molecular complexity index is 1180. The van der Waals surface area contributed by atoms with Crippen LogP contribution in [0.4, 0.5) is 23.2 Å². The van der Waals surface area contributed by atoms with Crippen LogP contribution < -0.4 is 5.32 Å². The minimum Gasteiger partial charge on any atom is -0.505 e. The summed E-state index contributed by atoms with van der Waals surface area (Å²) in [4.78, 5) is 4.38. The molecule has 3 aromatic rings. The highest BCUT2D eigenvalue weighted by Crippen LogP contribution is 2.55. The normalized spacial score (nSPS) is 23.6. The van der Waals surface area contributed by atoms with Crippen LogP contribution in [0.1, 0.15) is 42.1 Å². The van der Waals surface area contributed by atoms with Gasteiger partial charge < -0.3 is 15.5 Å². The number of fused-ring (bicyclic) bond motifs is 2. The average molecular weight is 455 g/mol. The standard InChI is InChI=1S/C22H19ClF4N2O2/c1-10-9-21(31,22(25,26)27)20(13-8-14(23)18(24)19(30)17(10)13)29-16-5-3-4-15-12(16)7-6-11(2)28-15/h3-8,10,20,29-31H,9H2,1-2H3/t10-,20+,21?/m1/s1. The first-order valence-electron chi connectivity index (χ1n) is 9.57. The molecule has 9 heteroatoms. The zero-order valence-corrected chi connectivity index (χ0v) is 17.3. The van der Waals surface area contributed by atoms with Gasteiger partial charge in [-0.25, -0.2) is 4.39 Å². The number of alkyl halides is 3. The summed E-state index contributed by atoms with van der Waals surface area (Å²) >= 11 is 5.85. The fraction of sp³-hybridized carbons (Fsp3) is 0.318. The number of phenolic OH excluding ortho intramolecular Hbond substituents is 1. The zero-order chi connectivity index (χ0) is 22.7. The summed E-state index contributed by atoms with van der Waals surface area (Å²) in [6, 6.07) is 7.65. The molecule has 0 saturated carbocycles. The summed E-state index contributed by atoms with van der Waals surface area (Å²) in [5.41, 5.74) is -1.71. The van der Waals surface area contributed by atoms with Crippen molar-refractivity contribution in [3.05, 3.63) is 64.1 Å². The van der Waals surface area contributed by atoms with Gasteiger partial charge in [0.15, 0.2) is 17.2 Å². The summed E-state index contributed by atoms with van der Waals surface area (Å²) in [6.07, 6.45) is -5.77. The molecule has 1 unspecified atom stereocenters. The summed E-state index contributed by atoms with van der Waals surface area (Å²) in [6.45, 7) is 3.18. The van der Waals surface area contributed by atoms with E-state index in [4.69, 9.17) is 11.6 Å². The Morgan fingerprint density at radius 3 is 2.61 bits per heavy atom. The van der Waals surface area contributed by atoms with Gasteiger partial charge in [-0.2, -0.15) is 13.2 Å². The number of hydrogen-bond donors (Lipinski definition) is 3. The van der Waals surface area contributed by atoms with E-state index in [1.165, 1.54) is 6.92 Å². The van der Waals surface area contributed by atoms with E-state index < -0.39 is 46.7 Å². The summed E-state index contributed by atoms with van der Waals surface area (Å²) in [7, 11) is 0. The molecule has 2 aromatic carbocycles. The lowest BCUT2D eigenvalue weighted by Crippen LogP contribution is -2.55. The molecule has 3 N–H and O–H groups in total. The molecule has 0 bridgehead atoms. The number of phenols is 1. The van der Waals surface area contributed by atoms with Crippen LogP contribution in [0, 0.1) is 12.7 Å². The van der Waals surface area contributed by atoms with Crippen molar-refractivity contribution in [3.8, 4) is 5.75 Å². The molecule has 164 valence electrons.